The number of rotatable bonds is 9. The van der Waals surface area contributed by atoms with E-state index in [4.69, 9.17) is 20.8 Å². The molecule has 0 aliphatic heterocycles. The molecule has 1 atom stereocenters. The van der Waals surface area contributed by atoms with Crippen molar-refractivity contribution in [1.82, 2.24) is 10.8 Å². The molecule has 0 bridgehead atoms. The van der Waals surface area contributed by atoms with E-state index in [1.54, 1.807) is 35.8 Å². The monoisotopic (exact) mass is 477 g/mol. The van der Waals surface area contributed by atoms with Crippen LogP contribution >= 0.6 is 11.3 Å². The van der Waals surface area contributed by atoms with Gasteiger partial charge in [0.25, 0.3) is 5.91 Å². The molecule has 174 valence electrons. The molecule has 8 nitrogen and oxygen atoms in total. The van der Waals surface area contributed by atoms with Gasteiger partial charge in [0.2, 0.25) is 0 Å². The number of carboxylic acids is 1. The molecule has 0 fully saturated rings. The summed E-state index contributed by atoms with van der Waals surface area (Å²) >= 11 is 1.33. The number of thiophene rings is 1. The Morgan fingerprint density at radius 3 is 2.18 bits per heavy atom. The summed E-state index contributed by atoms with van der Waals surface area (Å²) < 4.78 is 6.80. The van der Waals surface area contributed by atoms with E-state index in [0.717, 1.165) is 21.2 Å². The number of carbonyl (C=O) groups is 2. The third kappa shape index (κ3) is 5.59. The van der Waals surface area contributed by atoms with Crippen molar-refractivity contribution >= 4 is 33.3 Å². The van der Waals surface area contributed by atoms with Gasteiger partial charge < -0.3 is 20.9 Å². The summed E-state index contributed by atoms with van der Waals surface area (Å²) in [6, 6.07) is 21.1. The highest BCUT2D eigenvalue weighted by Crippen LogP contribution is 2.27. The molecule has 6 N–H and O–H groups in total. The van der Waals surface area contributed by atoms with Gasteiger partial charge in [-0.2, -0.15) is 0 Å². The van der Waals surface area contributed by atoms with Crippen LogP contribution in [0.4, 0.5) is 0 Å². The first-order valence-corrected chi connectivity index (χ1v) is 11.3. The number of hydrogen-bond donors (Lipinski definition) is 5. The summed E-state index contributed by atoms with van der Waals surface area (Å²) in [5, 5.41) is 22.1. The van der Waals surface area contributed by atoms with Crippen LogP contribution in [-0.2, 0) is 17.9 Å². The number of carbonyl (C=O) groups excluding carboxylic acids is 1. The molecule has 4 rings (SSSR count). The van der Waals surface area contributed by atoms with Crippen molar-refractivity contribution in [2.24, 2.45) is 5.73 Å². The third-order valence-corrected chi connectivity index (χ3v) is 6.33. The fraction of sp³-hybridized carbons (Fsp3) is 0.120. The lowest BCUT2D eigenvalue weighted by molar-refractivity contribution is -0.138. The van der Waals surface area contributed by atoms with Gasteiger partial charge in [-0.05, 0) is 58.5 Å². The van der Waals surface area contributed by atoms with E-state index in [2.05, 4.69) is 5.32 Å². The summed E-state index contributed by atoms with van der Waals surface area (Å²) in [5.41, 5.74) is 9.97. The SMILES string of the molecule is NC(C(=O)O)c1ccc(Oc2ccc(CNCc3ccc4cc(C(=O)NO)sc4c3)cc2)cc1. The normalized spacial score (nSPS) is 11.8. The van der Waals surface area contributed by atoms with Gasteiger partial charge >= 0.3 is 5.97 Å². The van der Waals surface area contributed by atoms with E-state index in [1.807, 2.05) is 42.5 Å². The Morgan fingerprint density at radius 1 is 0.912 bits per heavy atom. The van der Waals surface area contributed by atoms with E-state index in [-0.39, 0.29) is 0 Å². The zero-order chi connectivity index (χ0) is 24.1. The van der Waals surface area contributed by atoms with Crippen LogP contribution in [0.1, 0.15) is 32.4 Å². The number of hydroxylamine groups is 1. The van der Waals surface area contributed by atoms with E-state index in [9.17, 15) is 9.59 Å². The average Bonchev–Trinajstić information content (AvgIpc) is 3.28. The van der Waals surface area contributed by atoms with E-state index < -0.39 is 17.9 Å². The number of benzene rings is 3. The molecule has 9 heteroatoms. The van der Waals surface area contributed by atoms with Gasteiger partial charge in [0.1, 0.15) is 17.5 Å². The highest BCUT2D eigenvalue weighted by Gasteiger charge is 2.14. The summed E-state index contributed by atoms with van der Waals surface area (Å²) in [6.07, 6.45) is 0. The molecule has 1 heterocycles. The van der Waals surface area contributed by atoms with Crippen LogP contribution in [0, 0.1) is 0 Å². The maximum Gasteiger partial charge on any atom is 0.325 e. The van der Waals surface area contributed by atoms with Crippen LogP contribution in [0.5, 0.6) is 11.5 Å². The van der Waals surface area contributed by atoms with Crippen LogP contribution in [0.25, 0.3) is 10.1 Å². The molecule has 0 saturated carbocycles. The third-order valence-electron chi connectivity index (χ3n) is 5.23. The van der Waals surface area contributed by atoms with Gasteiger partial charge in [-0.15, -0.1) is 11.3 Å². The minimum atomic E-state index is -1.08. The summed E-state index contributed by atoms with van der Waals surface area (Å²) in [5.74, 6) is -0.320. The number of nitrogens with one attached hydrogen (secondary N) is 2. The lowest BCUT2D eigenvalue weighted by Gasteiger charge is -2.10. The van der Waals surface area contributed by atoms with Gasteiger partial charge in [0.15, 0.2) is 0 Å². The lowest BCUT2D eigenvalue weighted by atomic mass is 10.1. The van der Waals surface area contributed by atoms with Crippen molar-refractivity contribution < 1.29 is 24.6 Å². The Hall–Kier alpha value is -3.76. The average molecular weight is 478 g/mol. The molecular formula is C25H23N3O5S. The van der Waals surface area contributed by atoms with Crippen molar-refractivity contribution in [2.45, 2.75) is 19.1 Å². The molecule has 0 aliphatic carbocycles. The maximum absolute atomic E-state index is 11.6. The number of amides is 1. The van der Waals surface area contributed by atoms with Crippen LogP contribution in [-0.4, -0.2) is 22.2 Å². The van der Waals surface area contributed by atoms with Crippen molar-refractivity contribution in [3.8, 4) is 11.5 Å². The molecule has 1 aromatic heterocycles. The van der Waals surface area contributed by atoms with Gasteiger partial charge in [-0.25, -0.2) is 5.48 Å². The fourth-order valence-corrected chi connectivity index (χ4v) is 4.42. The van der Waals surface area contributed by atoms with Crippen LogP contribution in [0.3, 0.4) is 0 Å². The first kappa shape index (κ1) is 23.4. The van der Waals surface area contributed by atoms with Gasteiger partial charge in [0.05, 0.1) is 4.88 Å². The topological polar surface area (TPSA) is 134 Å². The van der Waals surface area contributed by atoms with E-state index in [1.165, 1.54) is 11.3 Å². The molecule has 1 amide bonds. The zero-order valence-corrected chi connectivity index (χ0v) is 18.8. The molecule has 4 aromatic rings. The van der Waals surface area contributed by atoms with Gasteiger partial charge in [-0.3, -0.25) is 14.8 Å². The number of ether oxygens (including phenoxy) is 1. The largest absolute Gasteiger partial charge is 0.480 e. The van der Waals surface area contributed by atoms with Gasteiger partial charge in [-0.1, -0.05) is 36.4 Å². The van der Waals surface area contributed by atoms with Crippen LogP contribution in [0.15, 0.2) is 72.8 Å². The van der Waals surface area contributed by atoms with Crippen molar-refractivity contribution in [2.75, 3.05) is 0 Å². The first-order valence-electron chi connectivity index (χ1n) is 10.5. The molecule has 34 heavy (non-hydrogen) atoms. The second-order valence-corrected chi connectivity index (χ2v) is 8.74. The summed E-state index contributed by atoms with van der Waals surface area (Å²) in [7, 11) is 0. The predicted molar refractivity (Wildman–Crippen MR) is 129 cm³/mol. The smallest absolute Gasteiger partial charge is 0.325 e. The number of fused-ring (bicyclic) bond motifs is 1. The predicted octanol–water partition coefficient (Wildman–Crippen LogP) is 4.19. The Morgan fingerprint density at radius 2 is 1.53 bits per heavy atom. The van der Waals surface area contributed by atoms with E-state index >= 15 is 0 Å². The fourth-order valence-electron chi connectivity index (χ4n) is 3.40. The zero-order valence-electron chi connectivity index (χ0n) is 18.0. The number of hydrogen-bond acceptors (Lipinski definition) is 7. The van der Waals surface area contributed by atoms with Crippen molar-refractivity contribution in [1.29, 1.82) is 0 Å². The Bertz CT molecular complexity index is 1300. The number of carboxylic acid groups (broad SMARTS) is 1. The van der Waals surface area contributed by atoms with E-state index in [0.29, 0.717) is 35.0 Å². The lowest BCUT2D eigenvalue weighted by Crippen LogP contribution is -2.20. The molecule has 0 saturated heterocycles. The highest BCUT2D eigenvalue weighted by atomic mass is 32.1. The second-order valence-electron chi connectivity index (χ2n) is 7.66. The molecule has 0 radical (unpaired) electrons. The molecule has 3 aromatic carbocycles. The maximum atomic E-state index is 11.6. The Kier molecular flexibility index (Phi) is 7.19. The Labute approximate surface area is 199 Å². The quantitative estimate of drug-likeness (QED) is 0.180. The summed E-state index contributed by atoms with van der Waals surface area (Å²) in [6.45, 7) is 1.33. The minimum absolute atomic E-state index is 0.463. The molecule has 0 spiro atoms. The van der Waals surface area contributed by atoms with Crippen LogP contribution < -0.4 is 21.3 Å². The highest BCUT2D eigenvalue weighted by molar-refractivity contribution is 7.20. The van der Waals surface area contributed by atoms with Crippen LogP contribution in [0.2, 0.25) is 0 Å². The standard InChI is InChI=1S/C25H23N3O5S/c26-23(25(30)31)17-5-9-20(10-6-17)33-19-7-2-15(3-8-19)13-27-14-16-1-4-18-12-22(24(29)28-32)34-21(18)11-16/h1-12,23,27,32H,13-14,26H2,(H,28,29)(H,30,31). The number of nitrogens with two attached hydrogens (primary N) is 1. The molecular weight excluding hydrogens is 454 g/mol. The summed E-state index contributed by atoms with van der Waals surface area (Å²) in [4.78, 5) is 23.0. The first-order chi connectivity index (χ1) is 16.4. The number of aliphatic carboxylic acids is 1. The molecule has 1 unspecified atom stereocenters. The van der Waals surface area contributed by atoms with Crippen molar-refractivity contribution in [3.63, 3.8) is 0 Å². The molecule has 0 aliphatic rings. The van der Waals surface area contributed by atoms with Crippen molar-refractivity contribution in [3.05, 3.63) is 94.4 Å². The second kappa shape index (κ2) is 10.4. The minimum Gasteiger partial charge on any atom is -0.480 e. The Balaban J connectivity index is 1.30. The van der Waals surface area contributed by atoms with Gasteiger partial charge in [0, 0.05) is 17.8 Å².